The van der Waals surface area contributed by atoms with Crippen LogP contribution in [0.1, 0.15) is 11.5 Å². The molecule has 108 valence electrons. The zero-order valence-electron chi connectivity index (χ0n) is 11.7. The molecule has 0 spiro atoms. The molecule has 2 aromatic heterocycles. The molecule has 0 fully saturated rings. The number of rotatable bonds is 5. The molecule has 0 saturated heterocycles. The molecule has 2 N–H and O–H groups in total. The maximum atomic E-state index is 8.97. The van der Waals surface area contributed by atoms with Gasteiger partial charge >= 0.3 is 0 Å². The summed E-state index contributed by atoms with van der Waals surface area (Å²) in [5.74, 6) is 2.17. The molecular weight excluding hydrogens is 268 g/mol. The Hall–Kier alpha value is -2.60. The van der Waals surface area contributed by atoms with E-state index in [9.17, 15) is 0 Å². The second-order valence-electron chi connectivity index (χ2n) is 4.73. The number of nitrogens with zero attached hydrogens (tertiary/aromatic N) is 3. The van der Waals surface area contributed by atoms with Crippen LogP contribution in [0, 0.1) is 0 Å². The summed E-state index contributed by atoms with van der Waals surface area (Å²) < 4.78 is 7.31. The Morgan fingerprint density at radius 1 is 1.24 bits per heavy atom. The van der Waals surface area contributed by atoms with Gasteiger partial charge in [0.2, 0.25) is 0 Å². The van der Waals surface area contributed by atoms with E-state index in [1.54, 1.807) is 12.4 Å². The van der Waals surface area contributed by atoms with Gasteiger partial charge in [0.1, 0.15) is 24.5 Å². The monoisotopic (exact) mass is 284 g/mol. The maximum Gasteiger partial charge on any atom is 0.163 e. The molecule has 0 unspecified atom stereocenters. The molecule has 0 amide bonds. The molecule has 0 atom stereocenters. The number of hydrogen-bond donors (Lipinski definition) is 2. The SMILES string of the molecule is Cn1cnnc1-c1cccc(NCc2ccc(CO)o2)c1. The lowest BCUT2D eigenvalue weighted by Gasteiger charge is -2.07. The third kappa shape index (κ3) is 2.95. The first kappa shape index (κ1) is 13.4. The molecule has 0 aliphatic rings. The number of aromatic nitrogens is 3. The van der Waals surface area contributed by atoms with Crippen molar-refractivity contribution in [3.63, 3.8) is 0 Å². The van der Waals surface area contributed by atoms with Crippen molar-refractivity contribution in [2.75, 3.05) is 5.32 Å². The van der Waals surface area contributed by atoms with Crippen LogP contribution < -0.4 is 5.32 Å². The number of aliphatic hydroxyl groups is 1. The fourth-order valence-electron chi connectivity index (χ4n) is 2.10. The van der Waals surface area contributed by atoms with Crippen LogP contribution in [0.4, 0.5) is 5.69 Å². The lowest BCUT2D eigenvalue weighted by Crippen LogP contribution is -1.99. The molecule has 6 nitrogen and oxygen atoms in total. The Bertz CT molecular complexity index is 733. The van der Waals surface area contributed by atoms with Gasteiger partial charge in [-0.05, 0) is 24.3 Å². The molecule has 0 aliphatic heterocycles. The Morgan fingerprint density at radius 2 is 2.10 bits per heavy atom. The van der Waals surface area contributed by atoms with E-state index in [2.05, 4.69) is 15.5 Å². The van der Waals surface area contributed by atoms with Crippen LogP contribution >= 0.6 is 0 Å². The number of furan rings is 1. The van der Waals surface area contributed by atoms with Crippen molar-refractivity contribution in [2.24, 2.45) is 7.05 Å². The minimum Gasteiger partial charge on any atom is -0.462 e. The molecule has 0 saturated carbocycles. The summed E-state index contributed by atoms with van der Waals surface area (Å²) in [5, 5.41) is 20.2. The quantitative estimate of drug-likeness (QED) is 0.751. The Labute approximate surface area is 122 Å². The Balaban J connectivity index is 1.73. The van der Waals surface area contributed by atoms with Gasteiger partial charge in [0.15, 0.2) is 5.82 Å². The molecule has 3 aromatic rings. The average Bonchev–Trinajstić information content (AvgIpc) is 3.14. The van der Waals surface area contributed by atoms with Crippen molar-refractivity contribution in [3.8, 4) is 11.4 Å². The summed E-state index contributed by atoms with van der Waals surface area (Å²) in [6.45, 7) is 0.476. The van der Waals surface area contributed by atoms with Gasteiger partial charge in [-0.25, -0.2) is 0 Å². The number of anilines is 1. The Kier molecular flexibility index (Phi) is 3.70. The van der Waals surface area contributed by atoms with Crippen LogP contribution in [0.15, 0.2) is 47.1 Å². The smallest absolute Gasteiger partial charge is 0.163 e. The fourth-order valence-corrected chi connectivity index (χ4v) is 2.10. The highest BCUT2D eigenvalue weighted by Gasteiger charge is 2.06. The summed E-state index contributed by atoms with van der Waals surface area (Å²) in [7, 11) is 1.91. The average molecular weight is 284 g/mol. The van der Waals surface area contributed by atoms with E-state index >= 15 is 0 Å². The van der Waals surface area contributed by atoms with Crippen molar-refractivity contribution in [1.29, 1.82) is 0 Å². The van der Waals surface area contributed by atoms with E-state index in [0.29, 0.717) is 12.3 Å². The fraction of sp³-hybridized carbons (Fsp3) is 0.200. The normalized spacial score (nSPS) is 10.8. The molecule has 1 aromatic carbocycles. The molecule has 6 heteroatoms. The highest BCUT2D eigenvalue weighted by atomic mass is 16.4. The van der Waals surface area contributed by atoms with Crippen LogP contribution in [0.3, 0.4) is 0 Å². The van der Waals surface area contributed by atoms with Gasteiger partial charge in [-0.1, -0.05) is 12.1 Å². The Morgan fingerprint density at radius 3 is 2.81 bits per heavy atom. The van der Waals surface area contributed by atoms with E-state index in [1.165, 1.54) is 0 Å². The van der Waals surface area contributed by atoms with E-state index in [0.717, 1.165) is 22.8 Å². The highest BCUT2D eigenvalue weighted by molar-refractivity contribution is 5.62. The first-order chi connectivity index (χ1) is 10.3. The number of aliphatic hydroxyl groups excluding tert-OH is 1. The molecule has 3 rings (SSSR count). The summed E-state index contributed by atoms with van der Waals surface area (Å²) in [5.41, 5.74) is 1.97. The van der Waals surface area contributed by atoms with Gasteiger partial charge in [0.25, 0.3) is 0 Å². The van der Waals surface area contributed by atoms with Crippen molar-refractivity contribution >= 4 is 5.69 Å². The minimum atomic E-state index is -0.0817. The molecular formula is C15H16N4O2. The predicted molar refractivity (Wildman–Crippen MR) is 78.4 cm³/mol. The van der Waals surface area contributed by atoms with Crippen LogP contribution in [0.25, 0.3) is 11.4 Å². The molecule has 0 radical (unpaired) electrons. The maximum absolute atomic E-state index is 8.97. The predicted octanol–water partition coefficient (Wildman–Crippen LogP) is 2.18. The van der Waals surface area contributed by atoms with Gasteiger partial charge in [0.05, 0.1) is 6.54 Å². The summed E-state index contributed by atoms with van der Waals surface area (Å²) in [6, 6.07) is 11.6. The number of aryl methyl sites for hydroxylation is 1. The second kappa shape index (κ2) is 5.80. The number of hydrogen-bond acceptors (Lipinski definition) is 5. The standard InChI is InChI=1S/C15H16N4O2/c1-19-10-17-18-15(19)11-3-2-4-12(7-11)16-8-13-5-6-14(9-20)21-13/h2-7,10,16,20H,8-9H2,1H3. The van der Waals surface area contributed by atoms with Crippen LogP contribution in [0.2, 0.25) is 0 Å². The molecule has 0 bridgehead atoms. The van der Waals surface area contributed by atoms with Crippen molar-refractivity contribution in [3.05, 3.63) is 54.2 Å². The number of nitrogens with one attached hydrogen (secondary N) is 1. The topological polar surface area (TPSA) is 76.1 Å². The molecule has 2 heterocycles. The van der Waals surface area contributed by atoms with Crippen molar-refractivity contribution < 1.29 is 9.52 Å². The van der Waals surface area contributed by atoms with E-state index in [1.807, 2.05) is 41.9 Å². The van der Waals surface area contributed by atoms with Gasteiger partial charge < -0.3 is 19.4 Å². The molecule has 0 aliphatic carbocycles. The highest BCUT2D eigenvalue weighted by Crippen LogP contribution is 2.20. The van der Waals surface area contributed by atoms with E-state index in [4.69, 9.17) is 9.52 Å². The third-order valence-corrected chi connectivity index (χ3v) is 3.17. The lowest BCUT2D eigenvalue weighted by atomic mass is 10.2. The first-order valence-corrected chi connectivity index (χ1v) is 6.63. The van der Waals surface area contributed by atoms with Crippen LogP contribution in [-0.2, 0) is 20.2 Å². The largest absolute Gasteiger partial charge is 0.462 e. The van der Waals surface area contributed by atoms with E-state index < -0.39 is 0 Å². The zero-order valence-corrected chi connectivity index (χ0v) is 11.7. The molecule has 21 heavy (non-hydrogen) atoms. The summed E-state index contributed by atoms with van der Waals surface area (Å²) in [6.07, 6.45) is 1.68. The van der Waals surface area contributed by atoms with Gasteiger partial charge in [-0.15, -0.1) is 10.2 Å². The third-order valence-electron chi connectivity index (χ3n) is 3.17. The van der Waals surface area contributed by atoms with Gasteiger partial charge in [-0.2, -0.15) is 0 Å². The second-order valence-corrected chi connectivity index (χ2v) is 4.73. The minimum absolute atomic E-state index is 0.0817. The number of benzene rings is 1. The van der Waals surface area contributed by atoms with Crippen LogP contribution in [0.5, 0.6) is 0 Å². The van der Waals surface area contributed by atoms with Gasteiger partial charge in [-0.3, -0.25) is 0 Å². The van der Waals surface area contributed by atoms with Gasteiger partial charge in [0, 0.05) is 18.3 Å². The van der Waals surface area contributed by atoms with E-state index in [-0.39, 0.29) is 6.61 Å². The van der Waals surface area contributed by atoms with Crippen molar-refractivity contribution in [1.82, 2.24) is 14.8 Å². The van der Waals surface area contributed by atoms with Crippen molar-refractivity contribution in [2.45, 2.75) is 13.2 Å². The first-order valence-electron chi connectivity index (χ1n) is 6.63. The zero-order chi connectivity index (χ0) is 14.7. The lowest BCUT2D eigenvalue weighted by molar-refractivity contribution is 0.244. The van der Waals surface area contributed by atoms with Crippen LogP contribution in [-0.4, -0.2) is 19.9 Å². The summed E-state index contributed by atoms with van der Waals surface area (Å²) >= 11 is 0. The summed E-state index contributed by atoms with van der Waals surface area (Å²) in [4.78, 5) is 0.